The molecule has 0 aliphatic rings. The van der Waals surface area contributed by atoms with E-state index in [2.05, 4.69) is 9.69 Å². The number of aromatic nitrogens is 1. The molecule has 3 aromatic rings. The SMILES string of the molecule is CCOc1ccc([C@@H](C(=O)NC(C)(C)C)N(C(=O)c2snc(C(N)=O)c2N)c2ccc(C)c(C)c2)cc1. The van der Waals surface area contributed by atoms with Gasteiger partial charge in [0.1, 0.15) is 16.7 Å². The van der Waals surface area contributed by atoms with Gasteiger partial charge in [-0.15, -0.1) is 0 Å². The minimum atomic E-state index is -1.07. The summed E-state index contributed by atoms with van der Waals surface area (Å²) in [4.78, 5) is 41.1. The molecular weight excluding hydrogens is 490 g/mol. The molecule has 10 heteroatoms. The molecule has 0 saturated heterocycles. The van der Waals surface area contributed by atoms with Crippen LogP contribution in [0.3, 0.4) is 0 Å². The van der Waals surface area contributed by atoms with Crippen LogP contribution in [0.5, 0.6) is 5.75 Å². The standard InChI is InChI=1S/C27H33N5O4S/c1-7-36-19-12-9-17(10-13-19)22(25(34)30-27(4,5)6)32(18-11-8-15(2)16(3)14-18)26(35)23-20(28)21(24(29)33)31-37-23/h8-14,22H,7,28H2,1-6H3,(H2,29,33)(H,30,34)/t22-/m0/s1. The van der Waals surface area contributed by atoms with Crippen LogP contribution < -0.4 is 26.4 Å². The summed E-state index contributed by atoms with van der Waals surface area (Å²) in [5.74, 6) is -1.16. The van der Waals surface area contributed by atoms with Crippen molar-refractivity contribution in [2.75, 3.05) is 17.2 Å². The van der Waals surface area contributed by atoms with E-state index in [0.29, 0.717) is 23.6 Å². The smallest absolute Gasteiger partial charge is 0.273 e. The van der Waals surface area contributed by atoms with Crippen LogP contribution in [0.4, 0.5) is 11.4 Å². The van der Waals surface area contributed by atoms with Crippen LogP contribution in [-0.4, -0.2) is 34.2 Å². The van der Waals surface area contributed by atoms with Gasteiger partial charge in [0.15, 0.2) is 5.69 Å². The first-order valence-corrected chi connectivity index (χ1v) is 12.6. The molecule has 3 rings (SSSR count). The number of carbonyl (C=O) groups excluding carboxylic acids is 3. The number of nitrogens with one attached hydrogen (secondary N) is 1. The van der Waals surface area contributed by atoms with Crippen molar-refractivity contribution in [3.63, 3.8) is 0 Å². The minimum absolute atomic E-state index is 0.0199. The van der Waals surface area contributed by atoms with E-state index in [9.17, 15) is 14.4 Å². The van der Waals surface area contributed by atoms with Crippen LogP contribution in [0.1, 0.15) is 70.6 Å². The molecule has 9 nitrogen and oxygen atoms in total. The van der Waals surface area contributed by atoms with E-state index in [1.807, 2.05) is 53.7 Å². The Morgan fingerprint density at radius 3 is 2.24 bits per heavy atom. The maximum absolute atomic E-state index is 14.1. The van der Waals surface area contributed by atoms with E-state index in [0.717, 1.165) is 22.7 Å². The number of hydrogen-bond donors (Lipinski definition) is 3. The maximum Gasteiger partial charge on any atom is 0.273 e. The lowest BCUT2D eigenvalue weighted by atomic mass is 9.99. The van der Waals surface area contributed by atoms with Crippen molar-refractivity contribution in [3.05, 3.63) is 69.7 Å². The number of nitrogens with two attached hydrogens (primary N) is 2. The number of carbonyl (C=O) groups is 3. The first kappa shape index (κ1) is 27.7. The predicted molar refractivity (Wildman–Crippen MR) is 146 cm³/mol. The number of aryl methyl sites for hydroxylation is 2. The van der Waals surface area contributed by atoms with E-state index in [1.165, 1.54) is 4.90 Å². The van der Waals surface area contributed by atoms with Gasteiger partial charge in [0.2, 0.25) is 5.91 Å². The number of primary amides is 1. The zero-order chi connectivity index (χ0) is 27.5. The van der Waals surface area contributed by atoms with Crippen LogP contribution in [0.25, 0.3) is 0 Å². The number of amides is 3. The molecule has 0 bridgehead atoms. The van der Waals surface area contributed by atoms with Gasteiger partial charge in [-0.1, -0.05) is 18.2 Å². The summed E-state index contributed by atoms with van der Waals surface area (Å²) in [6.45, 7) is 11.9. The lowest BCUT2D eigenvalue weighted by Gasteiger charge is -2.34. The Kier molecular flexibility index (Phi) is 8.22. The lowest BCUT2D eigenvalue weighted by molar-refractivity contribution is -0.123. The second-order valence-electron chi connectivity index (χ2n) is 9.73. The van der Waals surface area contributed by atoms with Gasteiger partial charge in [-0.2, -0.15) is 4.37 Å². The second kappa shape index (κ2) is 11.0. The highest BCUT2D eigenvalue weighted by atomic mass is 32.1. The van der Waals surface area contributed by atoms with E-state index < -0.39 is 23.4 Å². The Hall–Kier alpha value is -3.92. The van der Waals surface area contributed by atoms with Gasteiger partial charge in [-0.3, -0.25) is 19.3 Å². The first-order valence-electron chi connectivity index (χ1n) is 11.8. The van der Waals surface area contributed by atoms with Crippen LogP contribution in [0, 0.1) is 13.8 Å². The summed E-state index contributed by atoms with van der Waals surface area (Å²) in [5.41, 5.74) is 13.7. The first-order chi connectivity index (χ1) is 17.3. The number of hydrogen-bond acceptors (Lipinski definition) is 7. The van der Waals surface area contributed by atoms with E-state index >= 15 is 0 Å². The van der Waals surface area contributed by atoms with Gasteiger partial charge >= 0.3 is 0 Å². The third-order valence-electron chi connectivity index (χ3n) is 5.65. The number of nitrogens with zero attached hydrogens (tertiary/aromatic N) is 2. The van der Waals surface area contributed by atoms with Gasteiger partial charge in [0.05, 0.1) is 12.3 Å². The summed E-state index contributed by atoms with van der Waals surface area (Å²) < 4.78 is 9.56. The normalized spacial score (nSPS) is 12.1. The highest BCUT2D eigenvalue weighted by Gasteiger charge is 2.37. The van der Waals surface area contributed by atoms with Crippen molar-refractivity contribution < 1.29 is 19.1 Å². The zero-order valence-electron chi connectivity index (χ0n) is 21.9. The number of nitrogen functional groups attached to an aromatic ring is 1. The molecule has 3 amide bonds. The van der Waals surface area contributed by atoms with Gasteiger partial charge in [0.25, 0.3) is 11.8 Å². The van der Waals surface area contributed by atoms with E-state index in [1.54, 1.807) is 30.3 Å². The molecular formula is C27H33N5O4S. The number of ether oxygens (including phenoxy) is 1. The Morgan fingerprint density at radius 2 is 1.73 bits per heavy atom. The molecule has 1 heterocycles. The fourth-order valence-corrected chi connectivity index (χ4v) is 4.51. The van der Waals surface area contributed by atoms with E-state index in [-0.39, 0.29) is 22.2 Å². The third-order valence-corrected chi connectivity index (χ3v) is 6.51. The Morgan fingerprint density at radius 1 is 1.08 bits per heavy atom. The summed E-state index contributed by atoms with van der Waals surface area (Å²) >= 11 is 0.771. The molecule has 37 heavy (non-hydrogen) atoms. The Labute approximate surface area is 221 Å². The van der Waals surface area contributed by atoms with Gasteiger partial charge in [-0.25, -0.2) is 0 Å². The number of benzene rings is 2. The molecule has 0 saturated carbocycles. The molecule has 196 valence electrons. The van der Waals surface area contributed by atoms with Crippen molar-refractivity contribution in [2.45, 2.75) is 53.1 Å². The largest absolute Gasteiger partial charge is 0.494 e. The van der Waals surface area contributed by atoms with Crippen LogP contribution in [0.15, 0.2) is 42.5 Å². The quantitative estimate of drug-likeness (QED) is 0.405. The number of anilines is 2. The Bertz CT molecular complexity index is 1310. The molecule has 1 aromatic heterocycles. The van der Waals surface area contributed by atoms with Gasteiger partial charge in [0, 0.05) is 11.2 Å². The predicted octanol–water partition coefficient (Wildman–Crippen LogP) is 4.14. The van der Waals surface area contributed by atoms with Crippen molar-refractivity contribution in [1.82, 2.24) is 9.69 Å². The fraction of sp³-hybridized carbons (Fsp3) is 0.333. The van der Waals surface area contributed by atoms with Crippen molar-refractivity contribution in [3.8, 4) is 5.75 Å². The average Bonchev–Trinajstić information content (AvgIpc) is 3.20. The van der Waals surface area contributed by atoms with Crippen molar-refractivity contribution in [2.24, 2.45) is 5.73 Å². The molecule has 0 aliphatic carbocycles. The van der Waals surface area contributed by atoms with Crippen molar-refractivity contribution >= 4 is 40.6 Å². The average molecular weight is 524 g/mol. The zero-order valence-corrected chi connectivity index (χ0v) is 22.7. The summed E-state index contributed by atoms with van der Waals surface area (Å²) in [6, 6.07) is 11.4. The lowest BCUT2D eigenvalue weighted by Crippen LogP contribution is -2.49. The molecule has 2 aromatic carbocycles. The molecule has 0 aliphatic heterocycles. The van der Waals surface area contributed by atoms with Crippen molar-refractivity contribution in [1.29, 1.82) is 0 Å². The summed E-state index contributed by atoms with van der Waals surface area (Å²) in [5, 5.41) is 3.00. The summed E-state index contributed by atoms with van der Waals surface area (Å²) in [6.07, 6.45) is 0. The molecule has 0 spiro atoms. The fourth-order valence-electron chi connectivity index (χ4n) is 3.77. The number of rotatable bonds is 8. The molecule has 1 atom stereocenters. The second-order valence-corrected chi connectivity index (χ2v) is 10.5. The van der Waals surface area contributed by atoms with E-state index in [4.69, 9.17) is 16.2 Å². The topological polar surface area (TPSA) is 141 Å². The minimum Gasteiger partial charge on any atom is -0.494 e. The highest BCUT2D eigenvalue weighted by Crippen LogP contribution is 2.35. The van der Waals surface area contributed by atoms with Crippen LogP contribution in [-0.2, 0) is 4.79 Å². The van der Waals surface area contributed by atoms with Gasteiger partial charge < -0.3 is 21.5 Å². The van der Waals surface area contributed by atoms with Gasteiger partial charge in [-0.05, 0) is 94.0 Å². The molecule has 0 radical (unpaired) electrons. The monoisotopic (exact) mass is 523 g/mol. The van der Waals surface area contributed by atoms with Crippen LogP contribution in [0.2, 0.25) is 0 Å². The Balaban J connectivity index is 2.25. The summed E-state index contributed by atoms with van der Waals surface area (Å²) in [7, 11) is 0. The maximum atomic E-state index is 14.1. The van der Waals surface area contributed by atoms with Crippen LogP contribution >= 0.6 is 11.5 Å². The highest BCUT2D eigenvalue weighted by molar-refractivity contribution is 7.09. The molecule has 0 fully saturated rings. The third kappa shape index (κ3) is 6.26. The molecule has 0 unspecified atom stereocenters. The molecule has 5 N–H and O–H groups in total.